The number of furan rings is 1. The summed E-state index contributed by atoms with van der Waals surface area (Å²) in [7, 11) is 0. The number of hydrogen-bond donors (Lipinski definition) is 0. The molecule has 2 heterocycles. The maximum atomic E-state index is 6.62. The van der Waals surface area contributed by atoms with Crippen LogP contribution in [0.3, 0.4) is 0 Å². The van der Waals surface area contributed by atoms with Crippen LogP contribution in [0.4, 0.5) is 17.1 Å². The Kier molecular flexibility index (Phi) is 6.39. The van der Waals surface area contributed by atoms with Gasteiger partial charge in [0.15, 0.2) is 0 Å². The summed E-state index contributed by atoms with van der Waals surface area (Å²) in [6, 6.07) is 63.1. The average molecular weight is 644 g/mol. The minimum Gasteiger partial charge on any atom is -0.455 e. The molecule has 0 aliphatic heterocycles. The predicted octanol–water partition coefficient (Wildman–Crippen LogP) is 13.9. The van der Waals surface area contributed by atoms with E-state index >= 15 is 0 Å². The SMILES string of the molecule is c1ccc(-c2ccc(N(c3ccc(-c4cccc5sc6ccccc6c45)cc3)c3cccc4oc5c6ccccc6ccc5c34)cc2)cc1. The molecule has 0 amide bonds. The van der Waals surface area contributed by atoms with Crippen LogP contribution in [-0.2, 0) is 0 Å². The molecule has 10 rings (SSSR count). The highest BCUT2D eigenvalue weighted by molar-refractivity contribution is 7.25. The van der Waals surface area contributed by atoms with Crippen LogP contribution in [0.5, 0.6) is 0 Å². The fourth-order valence-corrected chi connectivity index (χ4v) is 8.52. The van der Waals surface area contributed by atoms with Crippen LogP contribution in [0.15, 0.2) is 180 Å². The van der Waals surface area contributed by atoms with Gasteiger partial charge >= 0.3 is 0 Å². The maximum Gasteiger partial charge on any atom is 0.143 e. The first kappa shape index (κ1) is 27.9. The Hall–Kier alpha value is -6.16. The molecule has 2 nitrogen and oxygen atoms in total. The van der Waals surface area contributed by atoms with Gasteiger partial charge in [-0.1, -0.05) is 121 Å². The number of hydrogen-bond acceptors (Lipinski definition) is 3. The Morgan fingerprint density at radius 1 is 0.408 bits per heavy atom. The van der Waals surface area contributed by atoms with E-state index < -0.39 is 0 Å². The third-order valence-electron chi connectivity index (χ3n) is 9.68. The Morgan fingerprint density at radius 2 is 1.06 bits per heavy atom. The molecule has 230 valence electrons. The van der Waals surface area contributed by atoms with Crippen LogP contribution in [0.2, 0.25) is 0 Å². The Balaban J connectivity index is 1.16. The molecule has 0 N–H and O–H groups in total. The molecule has 0 aliphatic carbocycles. The van der Waals surface area contributed by atoms with Crippen LogP contribution >= 0.6 is 11.3 Å². The van der Waals surface area contributed by atoms with E-state index in [1.54, 1.807) is 0 Å². The van der Waals surface area contributed by atoms with Gasteiger partial charge in [-0.3, -0.25) is 0 Å². The number of rotatable bonds is 5. The highest BCUT2D eigenvalue weighted by Gasteiger charge is 2.21. The third-order valence-corrected chi connectivity index (χ3v) is 10.8. The minimum atomic E-state index is 0.877. The fraction of sp³-hybridized carbons (Fsp3) is 0. The second-order valence-electron chi connectivity index (χ2n) is 12.5. The van der Waals surface area contributed by atoms with Crippen molar-refractivity contribution in [3.05, 3.63) is 176 Å². The fourth-order valence-electron chi connectivity index (χ4n) is 7.39. The molecular weight excluding hydrogens is 615 g/mol. The van der Waals surface area contributed by atoms with Gasteiger partial charge in [-0.15, -0.1) is 11.3 Å². The standard InChI is InChI=1S/C46H29NOS/c1-2-10-30(11-3-1)31-20-25-34(26-21-31)47(40-16-9-17-41-45(40)39-29-24-32-12-4-5-13-37(32)46(39)48-41)35-27-22-33(23-28-35)36-15-8-19-43-44(36)38-14-6-7-18-42(38)49-43/h1-29H. The van der Waals surface area contributed by atoms with Crippen molar-refractivity contribution in [1.82, 2.24) is 0 Å². The Morgan fingerprint density at radius 3 is 1.88 bits per heavy atom. The molecule has 0 unspecified atom stereocenters. The van der Waals surface area contributed by atoms with Crippen molar-refractivity contribution in [2.24, 2.45) is 0 Å². The van der Waals surface area contributed by atoms with E-state index in [0.29, 0.717) is 0 Å². The van der Waals surface area contributed by atoms with Crippen molar-refractivity contribution < 1.29 is 4.42 Å². The van der Waals surface area contributed by atoms with Gasteiger partial charge in [0.05, 0.1) is 11.1 Å². The second kappa shape index (κ2) is 11.2. The first-order chi connectivity index (χ1) is 24.3. The molecule has 0 aliphatic rings. The normalized spacial score (nSPS) is 11.7. The van der Waals surface area contributed by atoms with Gasteiger partial charge in [0, 0.05) is 42.3 Å². The zero-order valence-corrected chi connectivity index (χ0v) is 27.3. The molecular formula is C46H29NOS. The van der Waals surface area contributed by atoms with Crippen LogP contribution in [0.25, 0.3) is 75.1 Å². The molecule has 0 saturated carbocycles. The lowest BCUT2D eigenvalue weighted by Crippen LogP contribution is -2.10. The number of thiophene rings is 1. The third kappa shape index (κ3) is 4.55. The van der Waals surface area contributed by atoms with E-state index in [0.717, 1.165) is 44.4 Å². The van der Waals surface area contributed by atoms with E-state index in [9.17, 15) is 0 Å². The Bertz CT molecular complexity index is 2810. The molecule has 0 fully saturated rings. The number of nitrogens with zero attached hydrogens (tertiary/aromatic N) is 1. The van der Waals surface area contributed by atoms with Gasteiger partial charge in [0.25, 0.3) is 0 Å². The van der Waals surface area contributed by atoms with E-state index in [4.69, 9.17) is 4.42 Å². The first-order valence-corrected chi connectivity index (χ1v) is 17.4. The zero-order valence-electron chi connectivity index (χ0n) is 26.5. The predicted molar refractivity (Wildman–Crippen MR) is 210 cm³/mol. The van der Waals surface area contributed by atoms with Crippen molar-refractivity contribution in [2.45, 2.75) is 0 Å². The lowest BCUT2D eigenvalue weighted by atomic mass is 9.99. The van der Waals surface area contributed by atoms with Crippen molar-refractivity contribution in [3.63, 3.8) is 0 Å². The maximum absolute atomic E-state index is 6.62. The van der Waals surface area contributed by atoms with E-state index in [1.165, 1.54) is 47.8 Å². The van der Waals surface area contributed by atoms with Gasteiger partial charge in [0.1, 0.15) is 11.2 Å². The van der Waals surface area contributed by atoms with E-state index in [-0.39, 0.29) is 0 Å². The van der Waals surface area contributed by atoms with Crippen molar-refractivity contribution in [2.75, 3.05) is 4.90 Å². The smallest absolute Gasteiger partial charge is 0.143 e. The van der Waals surface area contributed by atoms with Crippen LogP contribution in [-0.4, -0.2) is 0 Å². The summed E-state index contributed by atoms with van der Waals surface area (Å²) in [4.78, 5) is 2.37. The molecule has 0 spiro atoms. The molecule has 3 heteroatoms. The highest BCUT2D eigenvalue weighted by atomic mass is 32.1. The lowest BCUT2D eigenvalue weighted by Gasteiger charge is -2.26. The van der Waals surface area contributed by atoms with Crippen molar-refractivity contribution in [3.8, 4) is 22.3 Å². The van der Waals surface area contributed by atoms with E-state index in [1.807, 2.05) is 11.3 Å². The molecule has 0 radical (unpaired) electrons. The summed E-state index contributed by atoms with van der Waals surface area (Å²) in [6.45, 7) is 0. The summed E-state index contributed by atoms with van der Waals surface area (Å²) < 4.78 is 9.26. The first-order valence-electron chi connectivity index (χ1n) is 16.6. The molecule has 0 saturated heterocycles. The summed E-state index contributed by atoms with van der Waals surface area (Å²) in [5.41, 5.74) is 9.91. The number of anilines is 3. The molecule has 49 heavy (non-hydrogen) atoms. The Labute approximate surface area is 287 Å². The van der Waals surface area contributed by atoms with Crippen molar-refractivity contribution in [1.29, 1.82) is 0 Å². The molecule has 8 aromatic carbocycles. The summed E-state index contributed by atoms with van der Waals surface area (Å²) >= 11 is 1.86. The monoisotopic (exact) mass is 643 g/mol. The largest absolute Gasteiger partial charge is 0.455 e. The van der Waals surface area contributed by atoms with Crippen LogP contribution < -0.4 is 4.90 Å². The second-order valence-corrected chi connectivity index (χ2v) is 13.6. The van der Waals surface area contributed by atoms with Gasteiger partial charge in [-0.2, -0.15) is 0 Å². The molecule has 10 aromatic rings. The minimum absolute atomic E-state index is 0.877. The quantitative estimate of drug-likeness (QED) is 0.186. The van der Waals surface area contributed by atoms with Crippen LogP contribution in [0.1, 0.15) is 0 Å². The van der Waals surface area contributed by atoms with Gasteiger partial charge in [-0.05, 0) is 82.2 Å². The van der Waals surface area contributed by atoms with Gasteiger partial charge < -0.3 is 9.32 Å². The van der Waals surface area contributed by atoms with Crippen molar-refractivity contribution >= 4 is 81.3 Å². The van der Waals surface area contributed by atoms with E-state index in [2.05, 4.69) is 181 Å². The zero-order chi connectivity index (χ0) is 32.3. The number of fused-ring (bicyclic) bond motifs is 8. The number of benzene rings is 8. The highest BCUT2D eigenvalue weighted by Crippen LogP contribution is 2.45. The average Bonchev–Trinajstić information content (AvgIpc) is 3.75. The summed E-state index contributed by atoms with van der Waals surface area (Å²) in [5, 5.41) is 7.16. The molecule has 2 aromatic heterocycles. The summed E-state index contributed by atoms with van der Waals surface area (Å²) in [5.74, 6) is 0. The molecule has 0 bridgehead atoms. The lowest BCUT2D eigenvalue weighted by molar-refractivity contribution is 0.672. The molecule has 0 atom stereocenters. The summed E-state index contributed by atoms with van der Waals surface area (Å²) in [6.07, 6.45) is 0. The topological polar surface area (TPSA) is 16.4 Å². The van der Waals surface area contributed by atoms with Crippen LogP contribution in [0, 0.1) is 0 Å². The van der Waals surface area contributed by atoms with Gasteiger partial charge in [-0.25, -0.2) is 0 Å². The van der Waals surface area contributed by atoms with Gasteiger partial charge in [0.2, 0.25) is 0 Å².